The SMILES string of the molecule is CCOc1cc(C=Nn2c(C3CCCCC3)nc3ccccc3c2=O)cc(Br)c1O[C@@H](C)C(=O)OC. The fourth-order valence-electron chi connectivity index (χ4n) is 4.43. The minimum Gasteiger partial charge on any atom is -0.490 e. The fraction of sp³-hybridized carbons (Fsp3) is 0.407. The molecule has 1 aliphatic carbocycles. The molecule has 0 amide bonds. The average molecular weight is 556 g/mol. The average Bonchev–Trinajstić information content (AvgIpc) is 2.90. The van der Waals surface area contributed by atoms with E-state index in [-0.39, 0.29) is 11.5 Å². The Bertz CT molecular complexity index is 1330. The van der Waals surface area contributed by atoms with Gasteiger partial charge in [-0.25, -0.2) is 9.78 Å². The van der Waals surface area contributed by atoms with Gasteiger partial charge in [0.25, 0.3) is 5.56 Å². The van der Waals surface area contributed by atoms with E-state index in [1.54, 1.807) is 31.3 Å². The van der Waals surface area contributed by atoms with Gasteiger partial charge >= 0.3 is 5.97 Å². The van der Waals surface area contributed by atoms with E-state index in [0.29, 0.717) is 44.9 Å². The summed E-state index contributed by atoms with van der Waals surface area (Å²) in [5.74, 6) is 1.23. The molecule has 0 radical (unpaired) electrons. The van der Waals surface area contributed by atoms with Crippen molar-refractivity contribution in [2.24, 2.45) is 5.10 Å². The van der Waals surface area contributed by atoms with Crippen LogP contribution >= 0.6 is 15.9 Å². The number of aromatic nitrogens is 2. The lowest BCUT2D eigenvalue weighted by Gasteiger charge is -2.22. The molecule has 1 fully saturated rings. The van der Waals surface area contributed by atoms with Crippen molar-refractivity contribution < 1.29 is 19.0 Å². The number of fused-ring (bicyclic) bond motifs is 1. The predicted octanol–water partition coefficient (Wildman–Crippen LogP) is 5.43. The number of carbonyl (C=O) groups excluding carboxylic acids is 1. The van der Waals surface area contributed by atoms with Gasteiger partial charge in [-0.05, 0) is 72.4 Å². The number of hydrogen-bond donors (Lipinski definition) is 0. The number of halogens is 1. The molecular weight excluding hydrogens is 526 g/mol. The second-order valence-electron chi connectivity index (χ2n) is 8.73. The second-order valence-corrected chi connectivity index (χ2v) is 9.58. The highest BCUT2D eigenvalue weighted by atomic mass is 79.9. The summed E-state index contributed by atoms with van der Waals surface area (Å²) in [6.45, 7) is 3.87. The van der Waals surface area contributed by atoms with Crippen molar-refractivity contribution in [3.8, 4) is 11.5 Å². The molecule has 0 aliphatic heterocycles. The topological polar surface area (TPSA) is 92.0 Å². The Kier molecular flexibility index (Phi) is 8.40. The van der Waals surface area contributed by atoms with Crippen LogP contribution in [-0.4, -0.2) is 41.7 Å². The molecule has 9 heteroatoms. The molecule has 1 atom stereocenters. The van der Waals surface area contributed by atoms with E-state index in [4.69, 9.17) is 19.2 Å². The number of esters is 1. The summed E-state index contributed by atoms with van der Waals surface area (Å²) in [6.07, 6.45) is 6.22. The lowest BCUT2D eigenvalue weighted by Crippen LogP contribution is -2.25. The van der Waals surface area contributed by atoms with Gasteiger partial charge in [0.1, 0.15) is 5.82 Å². The highest BCUT2D eigenvalue weighted by molar-refractivity contribution is 9.10. The molecule has 0 N–H and O–H groups in total. The highest BCUT2D eigenvalue weighted by Crippen LogP contribution is 2.37. The Labute approximate surface area is 218 Å². The molecular formula is C27H30BrN3O5. The first-order valence-electron chi connectivity index (χ1n) is 12.2. The van der Waals surface area contributed by atoms with Gasteiger partial charge in [0.2, 0.25) is 0 Å². The van der Waals surface area contributed by atoms with Crippen LogP contribution in [0.2, 0.25) is 0 Å². The zero-order valence-electron chi connectivity index (χ0n) is 20.7. The molecule has 0 saturated heterocycles. The zero-order valence-corrected chi connectivity index (χ0v) is 22.3. The number of carbonyl (C=O) groups is 1. The Hall–Kier alpha value is -3.20. The first-order valence-corrected chi connectivity index (χ1v) is 13.0. The number of methoxy groups -OCH3 is 1. The molecule has 2 aromatic carbocycles. The van der Waals surface area contributed by atoms with Gasteiger partial charge in [-0.3, -0.25) is 4.79 Å². The van der Waals surface area contributed by atoms with E-state index in [2.05, 4.69) is 21.0 Å². The van der Waals surface area contributed by atoms with Crippen LogP contribution in [0.3, 0.4) is 0 Å². The van der Waals surface area contributed by atoms with E-state index >= 15 is 0 Å². The number of nitrogens with zero attached hydrogens (tertiary/aromatic N) is 3. The van der Waals surface area contributed by atoms with Crippen molar-refractivity contribution in [2.75, 3.05) is 13.7 Å². The molecule has 8 nitrogen and oxygen atoms in total. The lowest BCUT2D eigenvalue weighted by atomic mass is 9.88. The molecule has 3 aromatic rings. The summed E-state index contributed by atoms with van der Waals surface area (Å²) in [7, 11) is 1.31. The molecule has 1 aliphatic rings. The van der Waals surface area contributed by atoms with Gasteiger partial charge < -0.3 is 14.2 Å². The molecule has 1 heterocycles. The minimum atomic E-state index is -0.815. The smallest absolute Gasteiger partial charge is 0.346 e. The summed E-state index contributed by atoms with van der Waals surface area (Å²) in [5, 5.41) is 5.13. The quantitative estimate of drug-likeness (QED) is 0.272. The van der Waals surface area contributed by atoms with Crippen LogP contribution in [0.25, 0.3) is 10.9 Å². The molecule has 0 unspecified atom stereocenters. The summed E-state index contributed by atoms with van der Waals surface area (Å²) >= 11 is 3.52. The van der Waals surface area contributed by atoms with Crippen LogP contribution in [0, 0.1) is 0 Å². The third-order valence-corrected chi connectivity index (χ3v) is 6.82. The summed E-state index contributed by atoms with van der Waals surface area (Å²) in [5.41, 5.74) is 1.20. The van der Waals surface area contributed by atoms with Crippen molar-refractivity contribution in [1.29, 1.82) is 0 Å². The number of para-hydroxylation sites is 1. The number of ether oxygens (including phenoxy) is 3. The van der Waals surface area contributed by atoms with Gasteiger partial charge in [0, 0.05) is 5.92 Å². The third-order valence-electron chi connectivity index (χ3n) is 6.23. The largest absolute Gasteiger partial charge is 0.490 e. The minimum absolute atomic E-state index is 0.187. The van der Waals surface area contributed by atoms with Crippen LogP contribution in [0.5, 0.6) is 11.5 Å². The molecule has 0 bridgehead atoms. The van der Waals surface area contributed by atoms with Crippen molar-refractivity contribution >= 4 is 39.0 Å². The maximum atomic E-state index is 13.4. The van der Waals surface area contributed by atoms with E-state index in [9.17, 15) is 9.59 Å². The fourth-order valence-corrected chi connectivity index (χ4v) is 4.99. The summed E-state index contributed by atoms with van der Waals surface area (Å²) in [6, 6.07) is 10.9. The van der Waals surface area contributed by atoms with Crippen molar-refractivity contribution in [3.05, 3.63) is 62.6 Å². The van der Waals surface area contributed by atoms with Gasteiger partial charge in [-0.15, -0.1) is 0 Å². The van der Waals surface area contributed by atoms with Gasteiger partial charge in [-0.1, -0.05) is 31.4 Å². The molecule has 190 valence electrons. The first kappa shape index (κ1) is 25.9. The van der Waals surface area contributed by atoms with Crippen molar-refractivity contribution in [2.45, 2.75) is 58.0 Å². The predicted molar refractivity (Wildman–Crippen MR) is 142 cm³/mol. The van der Waals surface area contributed by atoms with Crippen molar-refractivity contribution in [1.82, 2.24) is 9.66 Å². The maximum absolute atomic E-state index is 13.4. The Balaban J connectivity index is 1.75. The van der Waals surface area contributed by atoms with E-state index < -0.39 is 12.1 Å². The standard InChI is InChI=1S/C27H30BrN3O5/c1-4-35-23-15-18(14-21(28)24(23)36-17(2)27(33)34-3)16-29-31-25(19-10-6-5-7-11-19)30-22-13-9-8-12-20(22)26(31)32/h8-9,12-17,19H,4-7,10-11H2,1-3H3/t17-/m0/s1. The molecule has 0 spiro atoms. The summed E-state index contributed by atoms with van der Waals surface area (Å²) < 4.78 is 18.4. The van der Waals surface area contributed by atoms with Gasteiger partial charge in [-0.2, -0.15) is 9.78 Å². The highest BCUT2D eigenvalue weighted by Gasteiger charge is 2.23. The van der Waals surface area contributed by atoms with Crippen LogP contribution in [0.4, 0.5) is 0 Å². The second kappa shape index (κ2) is 11.7. The van der Waals surface area contributed by atoms with Gasteiger partial charge in [0.15, 0.2) is 17.6 Å². The maximum Gasteiger partial charge on any atom is 0.346 e. The summed E-state index contributed by atoms with van der Waals surface area (Å²) in [4.78, 5) is 30.1. The zero-order chi connectivity index (χ0) is 25.7. The van der Waals surface area contributed by atoms with Crippen LogP contribution in [0.15, 0.2) is 50.8 Å². The number of hydrogen-bond acceptors (Lipinski definition) is 7. The molecule has 36 heavy (non-hydrogen) atoms. The molecule has 1 aromatic heterocycles. The van der Waals surface area contributed by atoms with E-state index in [1.165, 1.54) is 18.2 Å². The monoisotopic (exact) mass is 555 g/mol. The Morgan fingerprint density at radius 3 is 2.72 bits per heavy atom. The van der Waals surface area contributed by atoms with E-state index in [0.717, 1.165) is 25.7 Å². The third kappa shape index (κ3) is 5.61. The van der Waals surface area contributed by atoms with Crippen LogP contribution in [0.1, 0.15) is 63.3 Å². The van der Waals surface area contributed by atoms with Crippen LogP contribution < -0.4 is 15.0 Å². The van der Waals surface area contributed by atoms with Gasteiger partial charge in [0.05, 0.1) is 35.3 Å². The number of rotatable bonds is 8. The first-order chi connectivity index (χ1) is 17.4. The number of benzene rings is 2. The van der Waals surface area contributed by atoms with E-state index in [1.807, 2.05) is 25.1 Å². The normalized spacial score (nSPS) is 15.2. The van der Waals surface area contributed by atoms with Crippen LogP contribution in [-0.2, 0) is 9.53 Å². The Morgan fingerprint density at radius 1 is 1.25 bits per heavy atom. The van der Waals surface area contributed by atoms with Crippen molar-refractivity contribution in [3.63, 3.8) is 0 Å². The molecule has 4 rings (SSSR count). The molecule has 1 saturated carbocycles. The lowest BCUT2D eigenvalue weighted by molar-refractivity contribution is -0.147. The Morgan fingerprint density at radius 2 is 2.00 bits per heavy atom.